The molecule has 0 bridgehead atoms. The van der Waals surface area contributed by atoms with Crippen molar-refractivity contribution in [3.63, 3.8) is 0 Å². The number of aliphatic carboxylic acids is 1. The van der Waals surface area contributed by atoms with Crippen LogP contribution >= 0.6 is 0 Å². The number of rotatable bonds is 5. The lowest BCUT2D eigenvalue weighted by molar-refractivity contribution is -0.137. The van der Waals surface area contributed by atoms with E-state index in [1.54, 1.807) is 22.8 Å². The molecule has 3 aromatic rings. The van der Waals surface area contributed by atoms with E-state index in [1.807, 2.05) is 0 Å². The van der Waals surface area contributed by atoms with Crippen LogP contribution in [-0.4, -0.2) is 27.7 Å². The number of hydrogen-bond donors (Lipinski definition) is 1. The van der Waals surface area contributed by atoms with E-state index in [2.05, 4.69) is 4.98 Å². The van der Waals surface area contributed by atoms with E-state index >= 15 is 0 Å². The van der Waals surface area contributed by atoms with Gasteiger partial charge in [-0.15, -0.1) is 0 Å². The third kappa shape index (κ3) is 4.06. The highest BCUT2D eigenvalue weighted by molar-refractivity contribution is 5.99. The summed E-state index contributed by atoms with van der Waals surface area (Å²) in [6.45, 7) is 0.00338. The van der Waals surface area contributed by atoms with Crippen LogP contribution in [0.3, 0.4) is 0 Å². The van der Waals surface area contributed by atoms with Gasteiger partial charge in [-0.2, -0.15) is 18.4 Å². The quantitative estimate of drug-likeness (QED) is 0.514. The Morgan fingerprint density at radius 3 is 2.76 bits per heavy atom. The lowest BCUT2D eigenvalue weighted by Gasteiger charge is -2.13. The number of hydrogen-bond acceptors (Lipinski definition) is 4. The summed E-state index contributed by atoms with van der Waals surface area (Å²) in [6, 6.07) is 8.12. The zero-order valence-corrected chi connectivity index (χ0v) is 15.1. The number of halogens is 3. The Labute approximate surface area is 163 Å². The summed E-state index contributed by atoms with van der Waals surface area (Å²) in [5.74, 6) is -1.10. The summed E-state index contributed by atoms with van der Waals surface area (Å²) in [4.78, 5) is 15.4. The Bertz CT molecular complexity index is 1160. The molecule has 1 N–H and O–H groups in total. The molecule has 3 rings (SSSR count). The second-order valence-electron chi connectivity index (χ2n) is 6.09. The third-order valence-electron chi connectivity index (χ3n) is 4.26. The predicted molar refractivity (Wildman–Crippen MR) is 98.1 cm³/mol. The van der Waals surface area contributed by atoms with Crippen molar-refractivity contribution in [1.29, 1.82) is 5.26 Å². The van der Waals surface area contributed by atoms with Crippen molar-refractivity contribution in [2.45, 2.75) is 12.7 Å². The first-order chi connectivity index (χ1) is 13.7. The van der Waals surface area contributed by atoms with Gasteiger partial charge in [-0.25, -0.2) is 9.78 Å². The molecule has 0 aliphatic carbocycles. The van der Waals surface area contributed by atoms with Crippen LogP contribution in [0, 0.1) is 11.3 Å². The molecular weight excluding hydrogens is 387 g/mol. The second kappa shape index (κ2) is 7.67. The van der Waals surface area contributed by atoms with Gasteiger partial charge >= 0.3 is 12.1 Å². The highest BCUT2D eigenvalue weighted by atomic mass is 19.4. The Kier molecular flexibility index (Phi) is 5.28. The monoisotopic (exact) mass is 401 g/mol. The standard InChI is InChI=1S/C20H14F3N3O3/c1-29-17-5-4-15(20(21,22)23)8-14(17)11-26-10-13(7-12(9-24)19(27)28)16-3-2-6-25-18(16)26/h2-8,10H,11H2,1H3,(H,27,28)/b12-7+. The second-order valence-corrected chi connectivity index (χ2v) is 6.09. The molecule has 6 nitrogen and oxygen atoms in total. The maximum atomic E-state index is 13.1. The molecule has 0 radical (unpaired) electrons. The Morgan fingerprint density at radius 1 is 1.38 bits per heavy atom. The molecule has 0 saturated heterocycles. The Balaban J connectivity index is 2.13. The maximum absolute atomic E-state index is 13.1. The van der Waals surface area contributed by atoms with Crippen molar-refractivity contribution < 1.29 is 27.8 Å². The molecule has 2 aromatic heterocycles. The molecule has 1 aromatic carbocycles. The van der Waals surface area contributed by atoms with Crippen LogP contribution in [0.5, 0.6) is 5.75 Å². The number of benzene rings is 1. The molecule has 148 valence electrons. The van der Waals surface area contributed by atoms with E-state index in [0.29, 0.717) is 16.6 Å². The minimum absolute atomic E-state index is 0.00338. The summed E-state index contributed by atoms with van der Waals surface area (Å²) in [7, 11) is 1.36. The molecule has 0 fully saturated rings. The summed E-state index contributed by atoms with van der Waals surface area (Å²) >= 11 is 0. The smallest absolute Gasteiger partial charge is 0.416 e. The van der Waals surface area contributed by atoms with Crippen LogP contribution in [0.4, 0.5) is 13.2 Å². The van der Waals surface area contributed by atoms with Crippen molar-refractivity contribution >= 4 is 23.1 Å². The largest absolute Gasteiger partial charge is 0.496 e. The number of carbonyl (C=O) groups is 1. The number of aromatic nitrogens is 2. The molecule has 9 heteroatoms. The van der Waals surface area contributed by atoms with E-state index in [9.17, 15) is 18.0 Å². The van der Waals surface area contributed by atoms with Gasteiger partial charge in [0.25, 0.3) is 0 Å². The molecule has 0 spiro atoms. The first-order valence-electron chi connectivity index (χ1n) is 8.27. The highest BCUT2D eigenvalue weighted by Crippen LogP contribution is 2.33. The molecule has 2 heterocycles. The number of fused-ring (bicyclic) bond motifs is 1. The van der Waals surface area contributed by atoms with Gasteiger partial charge in [-0.3, -0.25) is 0 Å². The van der Waals surface area contributed by atoms with E-state index < -0.39 is 23.3 Å². The molecule has 0 aliphatic heterocycles. The number of pyridine rings is 1. The Hall–Kier alpha value is -3.80. The first kappa shape index (κ1) is 19.9. The minimum atomic E-state index is -4.50. The van der Waals surface area contributed by atoms with E-state index in [1.165, 1.54) is 31.6 Å². The Morgan fingerprint density at radius 2 is 2.14 bits per heavy atom. The third-order valence-corrected chi connectivity index (χ3v) is 4.26. The van der Waals surface area contributed by atoms with Gasteiger partial charge in [-0.05, 0) is 36.4 Å². The van der Waals surface area contributed by atoms with Crippen molar-refractivity contribution in [1.82, 2.24) is 9.55 Å². The van der Waals surface area contributed by atoms with Crippen LogP contribution in [0.25, 0.3) is 17.1 Å². The van der Waals surface area contributed by atoms with Crippen molar-refractivity contribution in [3.05, 3.63) is 65.0 Å². The average Bonchev–Trinajstić information content (AvgIpc) is 3.02. The zero-order valence-electron chi connectivity index (χ0n) is 15.1. The number of carboxylic acid groups (broad SMARTS) is 1. The van der Waals surface area contributed by atoms with Crippen LogP contribution in [-0.2, 0) is 17.5 Å². The van der Waals surface area contributed by atoms with Gasteiger partial charge < -0.3 is 14.4 Å². The first-order valence-corrected chi connectivity index (χ1v) is 8.27. The predicted octanol–water partition coefficient (Wildman–Crippen LogP) is 4.10. The molecule has 0 aliphatic rings. The number of nitrogens with zero attached hydrogens (tertiary/aromatic N) is 3. The van der Waals surface area contributed by atoms with Crippen molar-refractivity contribution in [2.24, 2.45) is 0 Å². The van der Waals surface area contributed by atoms with Crippen LogP contribution in [0.2, 0.25) is 0 Å². The fraction of sp³-hybridized carbons (Fsp3) is 0.150. The summed E-state index contributed by atoms with van der Waals surface area (Å²) < 4.78 is 46.1. The zero-order chi connectivity index (χ0) is 21.2. The molecule has 0 atom stereocenters. The van der Waals surface area contributed by atoms with E-state index in [-0.39, 0.29) is 17.9 Å². The van der Waals surface area contributed by atoms with Gasteiger partial charge in [-0.1, -0.05) is 0 Å². The molecule has 0 unspecified atom stereocenters. The molecule has 0 saturated carbocycles. The molecular formula is C20H14F3N3O3. The molecule has 29 heavy (non-hydrogen) atoms. The highest BCUT2D eigenvalue weighted by Gasteiger charge is 2.31. The number of ether oxygens (including phenoxy) is 1. The number of nitriles is 1. The van der Waals surface area contributed by atoms with Crippen LogP contribution < -0.4 is 4.74 Å². The normalized spacial score (nSPS) is 12.0. The number of alkyl halides is 3. The SMILES string of the molecule is COc1ccc(C(F)(F)F)cc1Cn1cc(/C=C(\C#N)C(=O)O)c2cccnc21. The fourth-order valence-corrected chi connectivity index (χ4v) is 2.94. The fourth-order valence-electron chi connectivity index (χ4n) is 2.94. The lowest BCUT2D eigenvalue weighted by Crippen LogP contribution is -2.08. The van der Waals surface area contributed by atoms with Gasteiger partial charge in [0.1, 0.15) is 23.0 Å². The van der Waals surface area contributed by atoms with E-state index in [0.717, 1.165) is 12.1 Å². The summed E-state index contributed by atoms with van der Waals surface area (Å²) in [6.07, 6.45) is -0.253. The van der Waals surface area contributed by atoms with Crippen molar-refractivity contribution in [3.8, 4) is 11.8 Å². The van der Waals surface area contributed by atoms with Crippen LogP contribution in [0.1, 0.15) is 16.7 Å². The van der Waals surface area contributed by atoms with Gasteiger partial charge in [0, 0.05) is 28.9 Å². The van der Waals surface area contributed by atoms with Crippen molar-refractivity contribution in [2.75, 3.05) is 7.11 Å². The van der Waals surface area contributed by atoms with Gasteiger partial charge in [0.2, 0.25) is 0 Å². The number of carboxylic acids is 1. The minimum Gasteiger partial charge on any atom is -0.496 e. The van der Waals surface area contributed by atoms with Crippen LogP contribution in [0.15, 0.2) is 48.3 Å². The summed E-state index contributed by atoms with van der Waals surface area (Å²) in [5.41, 5.74) is -0.155. The summed E-state index contributed by atoms with van der Waals surface area (Å²) in [5, 5.41) is 18.7. The number of methoxy groups -OCH3 is 1. The maximum Gasteiger partial charge on any atom is 0.416 e. The topological polar surface area (TPSA) is 88.1 Å². The van der Waals surface area contributed by atoms with E-state index in [4.69, 9.17) is 15.1 Å². The average molecular weight is 401 g/mol. The van der Waals surface area contributed by atoms with Gasteiger partial charge in [0.05, 0.1) is 19.2 Å². The lowest BCUT2D eigenvalue weighted by atomic mass is 10.1. The molecule has 0 amide bonds. The van der Waals surface area contributed by atoms with Gasteiger partial charge in [0.15, 0.2) is 0 Å².